The summed E-state index contributed by atoms with van der Waals surface area (Å²) in [6.07, 6.45) is -2.55. The molecule has 1 aliphatic rings. The number of nitrogens with zero attached hydrogens (tertiary/aromatic N) is 1. The zero-order chi connectivity index (χ0) is 13.3. The van der Waals surface area contributed by atoms with Crippen molar-refractivity contribution in [3.8, 4) is 0 Å². The lowest BCUT2D eigenvalue weighted by Crippen LogP contribution is -2.23. The number of rotatable bonds is 2. The molecule has 0 spiro atoms. The summed E-state index contributed by atoms with van der Waals surface area (Å²) in [7, 11) is 0. The van der Waals surface area contributed by atoms with Gasteiger partial charge < -0.3 is 11.1 Å². The fourth-order valence-corrected chi connectivity index (χ4v) is 1.63. The van der Waals surface area contributed by atoms with Crippen molar-refractivity contribution < 1.29 is 13.2 Å². The molecule has 0 aromatic heterocycles. The van der Waals surface area contributed by atoms with Crippen molar-refractivity contribution in [1.82, 2.24) is 0 Å². The zero-order valence-corrected chi connectivity index (χ0v) is 10.0. The molecule has 98 valence electrons. The van der Waals surface area contributed by atoms with Gasteiger partial charge in [0, 0.05) is 5.69 Å². The number of hydrogen-bond donors (Lipinski definition) is 2. The van der Waals surface area contributed by atoms with Crippen LogP contribution in [0, 0.1) is 0 Å². The van der Waals surface area contributed by atoms with Crippen LogP contribution in [0.15, 0.2) is 23.2 Å². The van der Waals surface area contributed by atoms with Crippen LogP contribution in [0.25, 0.3) is 0 Å². The van der Waals surface area contributed by atoms with Crippen LogP contribution in [0.4, 0.5) is 18.9 Å². The van der Waals surface area contributed by atoms with Gasteiger partial charge in [-0.05, 0) is 31.0 Å². The summed E-state index contributed by atoms with van der Waals surface area (Å²) in [5.41, 5.74) is 4.89. The lowest BCUT2D eigenvalue weighted by atomic mass is 10.2. The molecule has 3 nitrogen and oxygen atoms in total. The van der Waals surface area contributed by atoms with E-state index in [9.17, 15) is 13.2 Å². The van der Waals surface area contributed by atoms with Gasteiger partial charge in [-0.2, -0.15) is 13.2 Å². The smallest absolute Gasteiger partial charge is 0.370 e. The molecule has 0 radical (unpaired) electrons. The first-order valence-electron chi connectivity index (χ1n) is 5.33. The SMILES string of the molecule is NC(=NC1CC1)Nc1ccc(Cl)c(C(F)(F)F)c1. The second kappa shape index (κ2) is 4.68. The van der Waals surface area contributed by atoms with E-state index in [1.807, 2.05) is 0 Å². The van der Waals surface area contributed by atoms with E-state index < -0.39 is 11.7 Å². The first-order chi connectivity index (χ1) is 8.36. The number of nitrogens with two attached hydrogens (primary N) is 1. The van der Waals surface area contributed by atoms with Gasteiger partial charge in [-0.3, -0.25) is 0 Å². The zero-order valence-electron chi connectivity index (χ0n) is 9.26. The summed E-state index contributed by atoms with van der Waals surface area (Å²) in [5, 5.41) is 2.28. The van der Waals surface area contributed by atoms with Crippen molar-refractivity contribution in [2.75, 3.05) is 5.32 Å². The Balaban J connectivity index is 2.19. The van der Waals surface area contributed by atoms with Crippen molar-refractivity contribution >= 4 is 23.2 Å². The highest BCUT2D eigenvalue weighted by molar-refractivity contribution is 6.31. The second-order valence-electron chi connectivity index (χ2n) is 4.06. The minimum Gasteiger partial charge on any atom is -0.370 e. The van der Waals surface area contributed by atoms with Crippen LogP contribution in [-0.2, 0) is 6.18 Å². The van der Waals surface area contributed by atoms with Crippen LogP contribution in [-0.4, -0.2) is 12.0 Å². The quantitative estimate of drug-likeness (QED) is 0.644. The van der Waals surface area contributed by atoms with E-state index in [1.165, 1.54) is 12.1 Å². The number of guanidine groups is 1. The van der Waals surface area contributed by atoms with E-state index in [2.05, 4.69) is 10.3 Å². The molecule has 1 saturated carbocycles. The van der Waals surface area contributed by atoms with Crippen LogP contribution in [0.1, 0.15) is 18.4 Å². The molecule has 1 aromatic rings. The molecule has 0 atom stereocenters. The molecular formula is C11H11ClF3N3. The standard InChI is InChI=1S/C11H11ClF3N3/c12-9-4-3-7(5-8(9)11(13,14)15)18-10(16)17-6-1-2-6/h3-6H,1-2H2,(H3,16,17,18). The first kappa shape index (κ1) is 13.0. The Morgan fingerprint density at radius 2 is 2.06 bits per heavy atom. The maximum absolute atomic E-state index is 12.6. The Labute approximate surface area is 107 Å². The van der Waals surface area contributed by atoms with Crippen LogP contribution >= 0.6 is 11.6 Å². The molecule has 0 saturated heterocycles. The molecule has 1 fully saturated rings. The van der Waals surface area contributed by atoms with Gasteiger partial charge in [0.2, 0.25) is 0 Å². The van der Waals surface area contributed by atoms with Gasteiger partial charge in [0.25, 0.3) is 0 Å². The number of hydrogen-bond acceptors (Lipinski definition) is 1. The monoisotopic (exact) mass is 277 g/mol. The van der Waals surface area contributed by atoms with Gasteiger partial charge in [0.15, 0.2) is 5.96 Å². The molecule has 0 aliphatic heterocycles. The van der Waals surface area contributed by atoms with E-state index in [-0.39, 0.29) is 22.7 Å². The molecule has 2 rings (SSSR count). The van der Waals surface area contributed by atoms with Gasteiger partial charge in [-0.15, -0.1) is 0 Å². The normalized spacial score (nSPS) is 16.8. The minimum absolute atomic E-state index is 0.118. The molecular weight excluding hydrogens is 267 g/mol. The number of aliphatic imine (C=N–C) groups is 1. The molecule has 3 N–H and O–H groups in total. The molecule has 18 heavy (non-hydrogen) atoms. The molecule has 0 amide bonds. The highest BCUT2D eigenvalue weighted by atomic mass is 35.5. The average molecular weight is 278 g/mol. The molecule has 0 bridgehead atoms. The third-order valence-electron chi connectivity index (χ3n) is 2.41. The minimum atomic E-state index is -4.49. The summed E-state index contributed by atoms with van der Waals surface area (Å²) in [4.78, 5) is 4.07. The number of alkyl halides is 3. The highest BCUT2D eigenvalue weighted by Crippen LogP contribution is 2.36. The highest BCUT2D eigenvalue weighted by Gasteiger charge is 2.33. The number of nitrogens with one attached hydrogen (secondary N) is 1. The summed E-state index contributed by atoms with van der Waals surface area (Å²) in [6, 6.07) is 3.72. The average Bonchev–Trinajstić information content (AvgIpc) is 3.03. The summed E-state index contributed by atoms with van der Waals surface area (Å²) < 4.78 is 37.8. The summed E-state index contributed by atoms with van der Waals surface area (Å²) in [6.45, 7) is 0. The predicted molar refractivity (Wildman–Crippen MR) is 64.7 cm³/mol. The van der Waals surface area contributed by atoms with Gasteiger partial charge in [-0.1, -0.05) is 11.6 Å². The van der Waals surface area contributed by atoms with Crippen molar-refractivity contribution in [1.29, 1.82) is 0 Å². The van der Waals surface area contributed by atoms with Gasteiger partial charge in [0.05, 0.1) is 16.6 Å². The van der Waals surface area contributed by atoms with E-state index in [0.29, 0.717) is 0 Å². The van der Waals surface area contributed by atoms with E-state index in [4.69, 9.17) is 17.3 Å². The fourth-order valence-electron chi connectivity index (χ4n) is 1.40. The van der Waals surface area contributed by atoms with E-state index in [0.717, 1.165) is 18.9 Å². The Bertz CT molecular complexity index is 481. The first-order valence-corrected chi connectivity index (χ1v) is 5.71. The third kappa shape index (κ3) is 3.29. The van der Waals surface area contributed by atoms with Gasteiger partial charge in [-0.25, -0.2) is 4.99 Å². The largest absolute Gasteiger partial charge is 0.417 e. The van der Waals surface area contributed by atoms with Crippen LogP contribution < -0.4 is 11.1 Å². The summed E-state index contributed by atoms with van der Waals surface area (Å²) >= 11 is 5.50. The Kier molecular flexibility index (Phi) is 3.38. The summed E-state index contributed by atoms with van der Waals surface area (Å²) in [5.74, 6) is 0.118. The molecule has 0 unspecified atom stereocenters. The topological polar surface area (TPSA) is 50.4 Å². The maximum Gasteiger partial charge on any atom is 0.417 e. The third-order valence-corrected chi connectivity index (χ3v) is 2.74. The number of anilines is 1. The van der Waals surface area contributed by atoms with Crippen LogP contribution in [0.5, 0.6) is 0 Å². The Morgan fingerprint density at radius 1 is 1.39 bits per heavy atom. The Hall–Kier alpha value is -1.43. The maximum atomic E-state index is 12.6. The van der Waals surface area contributed by atoms with Gasteiger partial charge >= 0.3 is 6.18 Å². The van der Waals surface area contributed by atoms with E-state index >= 15 is 0 Å². The number of halogens is 4. The van der Waals surface area contributed by atoms with Crippen molar-refractivity contribution in [3.05, 3.63) is 28.8 Å². The molecule has 1 aliphatic carbocycles. The molecule has 7 heteroatoms. The number of benzene rings is 1. The lowest BCUT2D eigenvalue weighted by molar-refractivity contribution is -0.137. The van der Waals surface area contributed by atoms with Crippen LogP contribution in [0.3, 0.4) is 0 Å². The molecule has 1 aromatic carbocycles. The van der Waals surface area contributed by atoms with Crippen LogP contribution in [0.2, 0.25) is 5.02 Å². The fraction of sp³-hybridized carbons (Fsp3) is 0.364. The van der Waals surface area contributed by atoms with E-state index in [1.54, 1.807) is 0 Å². The van der Waals surface area contributed by atoms with Crippen molar-refractivity contribution in [2.45, 2.75) is 25.1 Å². The lowest BCUT2D eigenvalue weighted by Gasteiger charge is -2.12. The second-order valence-corrected chi connectivity index (χ2v) is 4.47. The van der Waals surface area contributed by atoms with Gasteiger partial charge in [0.1, 0.15) is 0 Å². The predicted octanol–water partition coefficient (Wildman–Crippen LogP) is 3.25. The molecule has 0 heterocycles. The Morgan fingerprint density at radius 3 is 2.61 bits per heavy atom. The van der Waals surface area contributed by atoms with Crippen molar-refractivity contribution in [3.63, 3.8) is 0 Å². The van der Waals surface area contributed by atoms with Crippen molar-refractivity contribution in [2.24, 2.45) is 10.7 Å².